The highest BCUT2D eigenvalue weighted by molar-refractivity contribution is 5.86. The SMILES string of the molecule is Cc1cc(/C=N/NC(=O)Cc2ccccc2[N+](=O)[O-])c(C)n1-c1ccc2ncccc2c1. The lowest BCUT2D eigenvalue weighted by Crippen LogP contribution is -2.20. The van der Waals surface area contributed by atoms with E-state index in [0.717, 1.165) is 33.5 Å². The standard InChI is InChI=1S/C24H21N5O3/c1-16-12-20(15-26-27-24(30)14-19-6-3-4-8-23(19)29(31)32)17(2)28(16)21-9-10-22-18(13-21)7-5-11-25-22/h3-13,15H,14H2,1-2H3,(H,27,30)/b26-15+. The van der Waals surface area contributed by atoms with Gasteiger partial charge in [0.25, 0.3) is 5.69 Å². The molecule has 0 aliphatic rings. The number of carbonyl (C=O) groups excluding carboxylic acids is 1. The van der Waals surface area contributed by atoms with Crippen molar-refractivity contribution < 1.29 is 9.72 Å². The third-order valence-corrected chi connectivity index (χ3v) is 5.25. The topological polar surface area (TPSA) is 102 Å². The predicted molar refractivity (Wildman–Crippen MR) is 123 cm³/mol. The normalized spacial score (nSPS) is 11.2. The van der Waals surface area contributed by atoms with Crippen LogP contribution >= 0.6 is 0 Å². The molecule has 0 bridgehead atoms. The van der Waals surface area contributed by atoms with Gasteiger partial charge in [0.05, 0.1) is 23.1 Å². The zero-order valence-corrected chi connectivity index (χ0v) is 17.6. The number of benzene rings is 2. The van der Waals surface area contributed by atoms with Crippen molar-refractivity contribution in [1.29, 1.82) is 0 Å². The Morgan fingerprint density at radius 2 is 1.97 bits per heavy atom. The van der Waals surface area contributed by atoms with Crippen molar-refractivity contribution in [3.63, 3.8) is 0 Å². The summed E-state index contributed by atoms with van der Waals surface area (Å²) in [5.41, 5.74) is 7.52. The van der Waals surface area contributed by atoms with Crippen molar-refractivity contribution in [2.75, 3.05) is 0 Å². The number of nitrogens with zero attached hydrogens (tertiary/aromatic N) is 4. The summed E-state index contributed by atoms with van der Waals surface area (Å²) in [6.07, 6.45) is 3.23. The van der Waals surface area contributed by atoms with E-state index in [1.807, 2.05) is 44.2 Å². The maximum atomic E-state index is 12.2. The molecule has 0 radical (unpaired) electrons. The maximum absolute atomic E-state index is 12.2. The maximum Gasteiger partial charge on any atom is 0.273 e. The number of carbonyl (C=O) groups is 1. The Balaban J connectivity index is 1.50. The molecule has 1 amide bonds. The van der Waals surface area contributed by atoms with Crippen LogP contribution in [0.1, 0.15) is 22.5 Å². The number of nitrogens with one attached hydrogen (secondary N) is 1. The van der Waals surface area contributed by atoms with Gasteiger partial charge in [0.1, 0.15) is 0 Å². The van der Waals surface area contributed by atoms with Gasteiger partial charge in [0.15, 0.2) is 0 Å². The molecule has 4 aromatic rings. The van der Waals surface area contributed by atoms with Gasteiger partial charge in [-0.05, 0) is 44.2 Å². The Labute approximate surface area is 184 Å². The molecule has 160 valence electrons. The third-order valence-electron chi connectivity index (χ3n) is 5.25. The number of rotatable bonds is 6. The van der Waals surface area contributed by atoms with Crippen LogP contribution in [0.25, 0.3) is 16.6 Å². The minimum Gasteiger partial charge on any atom is -0.318 e. The molecule has 2 heterocycles. The average molecular weight is 427 g/mol. The first-order valence-corrected chi connectivity index (χ1v) is 10.0. The van der Waals surface area contributed by atoms with Crippen molar-refractivity contribution in [3.05, 3.63) is 99.5 Å². The monoisotopic (exact) mass is 427 g/mol. The van der Waals surface area contributed by atoms with Gasteiger partial charge in [-0.3, -0.25) is 19.9 Å². The van der Waals surface area contributed by atoms with E-state index in [1.54, 1.807) is 30.6 Å². The van der Waals surface area contributed by atoms with Crippen LogP contribution in [0.5, 0.6) is 0 Å². The average Bonchev–Trinajstić information content (AvgIpc) is 3.06. The van der Waals surface area contributed by atoms with Crippen LogP contribution < -0.4 is 5.43 Å². The van der Waals surface area contributed by atoms with Gasteiger partial charge in [-0.1, -0.05) is 24.3 Å². The zero-order valence-electron chi connectivity index (χ0n) is 17.6. The minimum absolute atomic E-state index is 0.0826. The molecule has 0 fully saturated rings. The van der Waals surface area contributed by atoms with Crippen LogP contribution in [-0.2, 0) is 11.2 Å². The molecule has 0 atom stereocenters. The fourth-order valence-corrected chi connectivity index (χ4v) is 3.74. The molecule has 8 nitrogen and oxygen atoms in total. The molecule has 2 aromatic heterocycles. The van der Waals surface area contributed by atoms with E-state index < -0.39 is 10.8 Å². The van der Waals surface area contributed by atoms with E-state index in [1.165, 1.54) is 6.07 Å². The van der Waals surface area contributed by atoms with E-state index in [-0.39, 0.29) is 12.1 Å². The minimum atomic E-state index is -0.496. The molecule has 1 N–H and O–H groups in total. The Kier molecular flexibility index (Phi) is 5.76. The summed E-state index contributed by atoms with van der Waals surface area (Å²) in [7, 11) is 0. The molecule has 0 unspecified atom stereocenters. The van der Waals surface area contributed by atoms with Crippen molar-refractivity contribution in [3.8, 4) is 5.69 Å². The van der Waals surface area contributed by atoms with Crippen LogP contribution in [-0.4, -0.2) is 26.6 Å². The van der Waals surface area contributed by atoms with Crippen LogP contribution in [0.4, 0.5) is 5.69 Å². The number of hydrogen-bond acceptors (Lipinski definition) is 5. The van der Waals surface area contributed by atoms with Gasteiger partial charge in [0, 0.05) is 45.9 Å². The zero-order chi connectivity index (χ0) is 22.7. The second kappa shape index (κ2) is 8.81. The highest BCUT2D eigenvalue weighted by Gasteiger charge is 2.15. The summed E-state index contributed by atoms with van der Waals surface area (Å²) < 4.78 is 2.11. The second-order valence-corrected chi connectivity index (χ2v) is 7.40. The van der Waals surface area contributed by atoms with Gasteiger partial charge in [-0.2, -0.15) is 5.10 Å². The highest BCUT2D eigenvalue weighted by Crippen LogP contribution is 2.23. The van der Waals surface area contributed by atoms with Gasteiger partial charge in [-0.25, -0.2) is 5.43 Å². The summed E-state index contributed by atoms with van der Waals surface area (Å²) >= 11 is 0. The number of nitro benzene ring substituents is 1. The number of para-hydroxylation sites is 1. The largest absolute Gasteiger partial charge is 0.318 e. The Hall–Kier alpha value is -4.33. The van der Waals surface area contributed by atoms with E-state index in [4.69, 9.17) is 0 Å². The van der Waals surface area contributed by atoms with Gasteiger partial charge < -0.3 is 4.57 Å². The fourth-order valence-electron chi connectivity index (χ4n) is 3.74. The van der Waals surface area contributed by atoms with Crippen LogP contribution in [0.15, 0.2) is 72.0 Å². The number of hydrazone groups is 1. The number of hydrogen-bond donors (Lipinski definition) is 1. The number of aryl methyl sites for hydroxylation is 1. The van der Waals surface area contributed by atoms with Crippen LogP contribution in [0.2, 0.25) is 0 Å². The molecule has 0 spiro atoms. The quantitative estimate of drug-likeness (QED) is 0.282. The van der Waals surface area contributed by atoms with E-state index in [9.17, 15) is 14.9 Å². The summed E-state index contributed by atoms with van der Waals surface area (Å²) in [5.74, 6) is -0.425. The lowest BCUT2D eigenvalue weighted by molar-refractivity contribution is -0.385. The number of amides is 1. The van der Waals surface area contributed by atoms with E-state index in [2.05, 4.69) is 26.1 Å². The Morgan fingerprint density at radius 1 is 1.16 bits per heavy atom. The number of nitro groups is 1. The molecule has 0 aliphatic heterocycles. The highest BCUT2D eigenvalue weighted by atomic mass is 16.6. The van der Waals surface area contributed by atoms with Gasteiger partial charge in [-0.15, -0.1) is 0 Å². The van der Waals surface area contributed by atoms with Crippen molar-refractivity contribution in [2.24, 2.45) is 5.10 Å². The summed E-state index contributed by atoms with van der Waals surface area (Å²) in [6.45, 7) is 3.99. The lowest BCUT2D eigenvalue weighted by atomic mass is 10.1. The fraction of sp³-hybridized carbons (Fsp3) is 0.125. The Morgan fingerprint density at radius 3 is 2.78 bits per heavy atom. The smallest absolute Gasteiger partial charge is 0.273 e. The van der Waals surface area contributed by atoms with Crippen molar-refractivity contribution in [2.45, 2.75) is 20.3 Å². The summed E-state index contributed by atoms with van der Waals surface area (Å²) in [5, 5.41) is 16.2. The number of pyridine rings is 1. The van der Waals surface area contributed by atoms with Crippen LogP contribution in [0.3, 0.4) is 0 Å². The van der Waals surface area contributed by atoms with Crippen molar-refractivity contribution >= 4 is 28.7 Å². The Bertz CT molecular complexity index is 1360. The predicted octanol–water partition coefficient (Wildman–Crippen LogP) is 4.24. The van der Waals surface area contributed by atoms with Gasteiger partial charge in [0.2, 0.25) is 5.91 Å². The third kappa shape index (κ3) is 4.24. The first-order valence-electron chi connectivity index (χ1n) is 10.0. The van der Waals surface area contributed by atoms with E-state index >= 15 is 0 Å². The first-order chi connectivity index (χ1) is 15.4. The second-order valence-electron chi connectivity index (χ2n) is 7.40. The molecule has 32 heavy (non-hydrogen) atoms. The number of fused-ring (bicyclic) bond motifs is 1. The molecular weight excluding hydrogens is 406 g/mol. The molecular formula is C24H21N5O3. The molecule has 0 aliphatic carbocycles. The summed E-state index contributed by atoms with van der Waals surface area (Å²) in [6, 6.07) is 18.2. The molecule has 0 saturated heterocycles. The summed E-state index contributed by atoms with van der Waals surface area (Å²) in [4.78, 5) is 27.2. The first kappa shape index (κ1) is 20.9. The van der Waals surface area contributed by atoms with Crippen molar-refractivity contribution in [1.82, 2.24) is 15.0 Å². The molecule has 8 heteroatoms. The number of aromatic nitrogens is 2. The lowest BCUT2D eigenvalue weighted by Gasteiger charge is -2.10. The molecule has 0 saturated carbocycles. The van der Waals surface area contributed by atoms with Crippen LogP contribution in [0, 0.1) is 24.0 Å². The molecule has 4 rings (SSSR count). The van der Waals surface area contributed by atoms with Gasteiger partial charge >= 0.3 is 0 Å². The molecule has 2 aromatic carbocycles. The van der Waals surface area contributed by atoms with E-state index in [0.29, 0.717) is 5.56 Å².